The van der Waals surface area contributed by atoms with Crippen molar-refractivity contribution in [1.29, 1.82) is 0 Å². The molecular formula is C21H32BNO5. The molecular weight excluding hydrogens is 357 g/mol. The first kappa shape index (κ1) is 21.2. The Bertz CT molecular complexity index is 660. The summed E-state index contributed by atoms with van der Waals surface area (Å²) in [6.07, 6.45) is 1.49. The zero-order valence-corrected chi connectivity index (χ0v) is 17.7. The van der Waals surface area contributed by atoms with Crippen molar-refractivity contribution in [2.75, 3.05) is 26.3 Å². The van der Waals surface area contributed by atoms with Crippen LogP contribution in [0.25, 0.3) is 0 Å². The molecule has 7 heteroatoms. The van der Waals surface area contributed by atoms with Crippen LogP contribution in [0.3, 0.4) is 0 Å². The Labute approximate surface area is 168 Å². The van der Waals surface area contributed by atoms with E-state index in [0.29, 0.717) is 26.3 Å². The van der Waals surface area contributed by atoms with Gasteiger partial charge in [-0.2, -0.15) is 0 Å². The maximum Gasteiger partial charge on any atom is 0.494 e. The van der Waals surface area contributed by atoms with Gasteiger partial charge in [0.25, 0.3) is 0 Å². The van der Waals surface area contributed by atoms with Crippen LogP contribution in [0.15, 0.2) is 24.3 Å². The number of carbonyl (C=O) groups excluding carboxylic acids is 1. The van der Waals surface area contributed by atoms with Gasteiger partial charge in [0.15, 0.2) is 0 Å². The van der Waals surface area contributed by atoms with Crippen LogP contribution in [-0.4, -0.2) is 55.6 Å². The summed E-state index contributed by atoms with van der Waals surface area (Å²) in [7, 11) is -0.378. The number of carbonyl (C=O) groups is 1. The average molecular weight is 389 g/mol. The molecule has 0 radical (unpaired) electrons. The lowest BCUT2D eigenvalue weighted by atomic mass is 9.78. The van der Waals surface area contributed by atoms with E-state index in [1.807, 2.05) is 52.0 Å². The molecule has 6 nitrogen and oxygen atoms in total. The van der Waals surface area contributed by atoms with Crippen molar-refractivity contribution in [1.82, 2.24) is 4.90 Å². The molecule has 0 bridgehead atoms. The second-order valence-electron chi connectivity index (χ2n) is 8.53. The predicted octanol–water partition coefficient (Wildman–Crippen LogP) is 3.30. The molecule has 1 aromatic rings. The monoisotopic (exact) mass is 389 g/mol. The van der Waals surface area contributed by atoms with Gasteiger partial charge in [0.05, 0.1) is 31.0 Å². The standard InChI is InChI=1S/C21H32BNO5/c1-6-7-13-26-19(24)23-12-14-25-18(15-23)16-8-10-17(11-9-16)22-27-20(2,3)21(4,5)28-22/h8-11,18H,6-7,12-15H2,1-5H3. The van der Waals surface area contributed by atoms with E-state index in [1.54, 1.807) is 4.90 Å². The van der Waals surface area contributed by atoms with E-state index in [4.69, 9.17) is 18.8 Å². The summed E-state index contributed by atoms with van der Waals surface area (Å²) >= 11 is 0. The number of hydrogen-bond acceptors (Lipinski definition) is 5. The molecule has 0 aromatic heterocycles. The lowest BCUT2D eigenvalue weighted by molar-refractivity contribution is -0.0286. The highest BCUT2D eigenvalue weighted by molar-refractivity contribution is 6.62. The van der Waals surface area contributed by atoms with Crippen molar-refractivity contribution in [2.45, 2.75) is 64.8 Å². The van der Waals surface area contributed by atoms with Gasteiger partial charge in [-0.05, 0) is 45.1 Å². The summed E-state index contributed by atoms with van der Waals surface area (Å²) in [5.41, 5.74) is 1.29. The molecule has 2 heterocycles. The van der Waals surface area contributed by atoms with Gasteiger partial charge in [-0.15, -0.1) is 0 Å². The molecule has 0 spiro atoms. The number of morpholine rings is 1. The molecule has 0 aliphatic carbocycles. The Kier molecular flexibility index (Phi) is 6.37. The molecule has 2 aliphatic rings. The Morgan fingerprint density at radius 2 is 1.82 bits per heavy atom. The van der Waals surface area contributed by atoms with Gasteiger partial charge in [-0.1, -0.05) is 37.6 Å². The number of rotatable bonds is 5. The fourth-order valence-corrected chi connectivity index (χ4v) is 3.26. The number of ether oxygens (including phenoxy) is 2. The van der Waals surface area contributed by atoms with Gasteiger partial charge in [0.1, 0.15) is 6.10 Å². The average Bonchev–Trinajstić information content (AvgIpc) is 2.89. The van der Waals surface area contributed by atoms with Crippen molar-refractivity contribution in [3.8, 4) is 0 Å². The van der Waals surface area contributed by atoms with E-state index in [0.717, 1.165) is 23.9 Å². The fourth-order valence-electron chi connectivity index (χ4n) is 3.26. The molecule has 1 atom stereocenters. The van der Waals surface area contributed by atoms with Crippen molar-refractivity contribution >= 4 is 18.7 Å². The third-order valence-corrected chi connectivity index (χ3v) is 5.88. The van der Waals surface area contributed by atoms with E-state index in [1.165, 1.54) is 0 Å². The Balaban J connectivity index is 1.61. The Hall–Kier alpha value is -1.57. The SMILES string of the molecule is CCCCOC(=O)N1CCOC(c2ccc(B3OC(C)(C)C(C)(C)O3)cc2)C1. The number of unbranched alkanes of at least 4 members (excludes halogenated alkanes) is 1. The topological polar surface area (TPSA) is 57.2 Å². The van der Waals surface area contributed by atoms with Crippen LogP contribution in [0.2, 0.25) is 0 Å². The molecule has 0 N–H and O–H groups in total. The Morgan fingerprint density at radius 1 is 1.18 bits per heavy atom. The number of nitrogens with zero attached hydrogens (tertiary/aromatic N) is 1. The van der Waals surface area contributed by atoms with Crippen molar-refractivity contribution in [3.05, 3.63) is 29.8 Å². The summed E-state index contributed by atoms with van der Waals surface area (Å²) in [4.78, 5) is 13.9. The number of amides is 1. The van der Waals surface area contributed by atoms with Crippen LogP contribution in [0.5, 0.6) is 0 Å². The molecule has 1 unspecified atom stereocenters. The van der Waals surface area contributed by atoms with Crippen LogP contribution < -0.4 is 5.46 Å². The predicted molar refractivity (Wildman–Crippen MR) is 109 cm³/mol. The second-order valence-corrected chi connectivity index (χ2v) is 8.53. The molecule has 1 amide bonds. The maximum absolute atomic E-state index is 12.2. The van der Waals surface area contributed by atoms with Crippen LogP contribution >= 0.6 is 0 Å². The fraction of sp³-hybridized carbons (Fsp3) is 0.667. The Morgan fingerprint density at radius 3 is 2.43 bits per heavy atom. The molecule has 28 heavy (non-hydrogen) atoms. The van der Waals surface area contributed by atoms with E-state index in [-0.39, 0.29) is 30.5 Å². The summed E-state index contributed by atoms with van der Waals surface area (Å²) in [6.45, 7) is 12.3. The van der Waals surface area contributed by atoms with Gasteiger partial charge in [0, 0.05) is 6.54 Å². The summed E-state index contributed by atoms with van der Waals surface area (Å²) in [6, 6.07) is 8.08. The molecule has 2 fully saturated rings. The first-order valence-corrected chi connectivity index (χ1v) is 10.2. The normalized spacial score (nSPS) is 23.7. The van der Waals surface area contributed by atoms with Crippen molar-refractivity contribution in [2.24, 2.45) is 0 Å². The third kappa shape index (κ3) is 4.53. The largest absolute Gasteiger partial charge is 0.494 e. The van der Waals surface area contributed by atoms with Crippen molar-refractivity contribution in [3.63, 3.8) is 0 Å². The van der Waals surface area contributed by atoms with Gasteiger partial charge >= 0.3 is 13.2 Å². The van der Waals surface area contributed by atoms with E-state index in [2.05, 4.69) is 6.92 Å². The van der Waals surface area contributed by atoms with Crippen LogP contribution in [0.1, 0.15) is 59.1 Å². The van der Waals surface area contributed by atoms with Crippen LogP contribution in [0, 0.1) is 0 Å². The second kappa shape index (κ2) is 8.43. The molecule has 3 rings (SSSR count). The first-order chi connectivity index (χ1) is 13.2. The maximum atomic E-state index is 12.2. The zero-order valence-electron chi connectivity index (χ0n) is 17.7. The number of benzene rings is 1. The van der Waals surface area contributed by atoms with Crippen LogP contribution in [-0.2, 0) is 18.8 Å². The minimum absolute atomic E-state index is 0.153. The lowest BCUT2D eigenvalue weighted by Gasteiger charge is -2.32. The minimum Gasteiger partial charge on any atom is -0.449 e. The van der Waals surface area contributed by atoms with Gasteiger partial charge in [-0.25, -0.2) is 4.79 Å². The lowest BCUT2D eigenvalue weighted by Crippen LogP contribution is -2.42. The van der Waals surface area contributed by atoms with Crippen molar-refractivity contribution < 1.29 is 23.6 Å². The van der Waals surface area contributed by atoms with Gasteiger partial charge in [0.2, 0.25) is 0 Å². The molecule has 1 aromatic carbocycles. The van der Waals surface area contributed by atoms with E-state index in [9.17, 15) is 4.79 Å². The highest BCUT2D eigenvalue weighted by Crippen LogP contribution is 2.36. The van der Waals surface area contributed by atoms with E-state index >= 15 is 0 Å². The molecule has 0 saturated carbocycles. The van der Waals surface area contributed by atoms with Crippen LogP contribution in [0.4, 0.5) is 4.79 Å². The first-order valence-electron chi connectivity index (χ1n) is 10.2. The molecule has 2 saturated heterocycles. The number of hydrogen-bond donors (Lipinski definition) is 0. The summed E-state index contributed by atoms with van der Waals surface area (Å²) in [5.74, 6) is 0. The summed E-state index contributed by atoms with van der Waals surface area (Å²) < 4.78 is 23.4. The molecule has 154 valence electrons. The zero-order chi connectivity index (χ0) is 20.4. The van der Waals surface area contributed by atoms with Gasteiger partial charge in [-0.3, -0.25) is 0 Å². The highest BCUT2D eigenvalue weighted by atomic mass is 16.7. The third-order valence-electron chi connectivity index (χ3n) is 5.88. The van der Waals surface area contributed by atoms with Gasteiger partial charge < -0.3 is 23.7 Å². The van der Waals surface area contributed by atoms with E-state index < -0.39 is 0 Å². The minimum atomic E-state index is -0.378. The molecule has 2 aliphatic heterocycles. The summed E-state index contributed by atoms with van der Waals surface area (Å²) in [5, 5.41) is 0. The highest BCUT2D eigenvalue weighted by Gasteiger charge is 2.51. The smallest absolute Gasteiger partial charge is 0.449 e. The quantitative estimate of drug-likeness (QED) is 0.571.